The molecule has 2 rings (SSSR count). The van der Waals surface area contributed by atoms with E-state index in [2.05, 4.69) is 9.62 Å². The van der Waals surface area contributed by atoms with E-state index in [4.69, 9.17) is 9.47 Å². The van der Waals surface area contributed by atoms with E-state index in [1.807, 2.05) is 6.92 Å². The van der Waals surface area contributed by atoms with E-state index in [-0.39, 0.29) is 28.9 Å². The number of hydrogen-bond acceptors (Lipinski definition) is 7. The summed E-state index contributed by atoms with van der Waals surface area (Å²) in [7, 11) is -2.56. The van der Waals surface area contributed by atoms with Crippen LogP contribution in [0.2, 0.25) is 0 Å². The zero-order valence-corrected chi connectivity index (χ0v) is 14.4. The number of rotatable bonds is 7. The molecule has 1 aliphatic rings. The molecule has 1 fully saturated rings. The van der Waals surface area contributed by atoms with Gasteiger partial charge in [-0.3, -0.25) is 15.0 Å². The molecule has 9 nitrogen and oxygen atoms in total. The van der Waals surface area contributed by atoms with Crippen LogP contribution in [0.4, 0.5) is 5.69 Å². The number of non-ortho nitro benzene ring substituents is 1. The smallest absolute Gasteiger partial charge is 0.273 e. The molecule has 0 aliphatic carbocycles. The molecule has 0 aromatic heterocycles. The molecule has 24 heavy (non-hydrogen) atoms. The molecular formula is C14H21N3O6S. The second kappa shape index (κ2) is 7.88. The first-order chi connectivity index (χ1) is 11.3. The minimum atomic E-state index is -3.83. The van der Waals surface area contributed by atoms with Crippen molar-refractivity contribution in [1.82, 2.24) is 9.62 Å². The SMILES string of the molecule is COc1cc([N+](=O)[O-])ccc1S(=O)(=O)NCC(C)N1CCOCC1. The van der Waals surface area contributed by atoms with Crippen molar-refractivity contribution in [2.24, 2.45) is 0 Å². The van der Waals surface area contributed by atoms with Gasteiger partial charge in [0.2, 0.25) is 10.0 Å². The number of nitrogens with one attached hydrogen (secondary N) is 1. The molecule has 1 heterocycles. The monoisotopic (exact) mass is 359 g/mol. The lowest BCUT2D eigenvalue weighted by molar-refractivity contribution is -0.385. The van der Waals surface area contributed by atoms with Gasteiger partial charge in [-0.2, -0.15) is 0 Å². The Hall–Kier alpha value is -1.75. The van der Waals surface area contributed by atoms with Crippen molar-refractivity contribution in [3.05, 3.63) is 28.3 Å². The molecule has 0 radical (unpaired) electrons. The number of sulfonamides is 1. The lowest BCUT2D eigenvalue weighted by atomic mass is 10.2. The van der Waals surface area contributed by atoms with Crippen molar-refractivity contribution in [1.29, 1.82) is 0 Å². The van der Waals surface area contributed by atoms with E-state index >= 15 is 0 Å². The highest BCUT2D eigenvalue weighted by atomic mass is 32.2. The van der Waals surface area contributed by atoms with Crippen LogP contribution < -0.4 is 9.46 Å². The average Bonchev–Trinajstić information content (AvgIpc) is 2.59. The van der Waals surface area contributed by atoms with Crippen LogP contribution in [0.25, 0.3) is 0 Å². The second-order valence-electron chi connectivity index (χ2n) is 5.44. The van der Waals surface area contributed by atoms with Gasteiger partial charge in [-0.05, 0) is 13.0 Å². The Morgan fingerprint density at radius 1 is 1.42 bits per heavy atom. The summed E-state index contributed by atoms with van der Waals surface area (Å²) in [6.07, 6.45) is 0. The van der Waals surface area contributed by atoms with Gasteiger partial charge in [-0.15, -0.1) is 0 Å². The van der Waals surface area contributed by atoms with Gasteiger partial charge in [0.1, 0.15) is 10.6 Å². The Kier molecular flexibility index (Phi) is 6.10. The second-order valence-corrected chi connectivity index (χ2v) is 7.18. The summed E-state index contributed by atoms with van der Waals surface area (Å²) < 4.78 is 37.8. The molecular weight excluding hydrogens is 338 g/mol. The third-order valence-electron chi connectivity index (χ3n) is 3.89. The number of ether oxygens (including phenoxy) is 2. The maximum absolute atomic E-state index is 12.5. The van der Waals surface area contributed by atoms with Gasteiger partial charge in [0, 0.05) is 31.7 Å². The van der Waals surface area contributed by atoms with Crippen LogP contribution in [-0.4, -0.2) is 64.2 Å². The molecule has 1 aromatic rings. The van der Waals surface area contributed by atoms with Crippen molar-refractivity contribution in [3.63, 3.8) is 0 Å². The third-order valence-corrected chi connectivity index (χ3v) is 5.35. The molecule has 1 N–H and O–H groups in total. The van der Waals surface area contributed by atoms with Crippen molar-refractivity contribution >= 4 is 15.7 Å². The fourth-order valence-corrected chi connectivity index (χ4v) is 3.72. The molecule has 0 saturated carbocycles. The molecule has 1 aromatic carbocycles. The van der Waals surface area contributed by atoms with Gasteiger partial charge in [0.25, 0.3) is 5.69 Å². The maximum Gasteiger partial charge on any atom is 0.273 e. The Morgan fingerprint density at radius 3 is 2.67 bits per heavy atom. The lowest BCUT2D eigenvalue weighted by Crippen LogP contribution is -2.47. The number of morpholine rings is 1. The first kappa shape index (κ1) is 18.6. The minimum Gasteiger partial charge on any atom is -0.495 e. The van der Waals surface area contributed by atoms with E-state index in [0.717, 1.165) is 25.2 Å². The topological polar surface area (TPSA) is 111 Å². The molecule has 1 saturated heterocycles. The number of benzene rings is 1. The fourth-order valence-electron chi connectivity index (χ4n) is 2.45. The molecule has 10 heteroatoms. The molecule has 134 valence electrons. The van der Waals surface area contributed by atoms with Gasteiger partial charge in [0.05, 0.1) is 31.3 Å². The minimum absolute atomic E-state index is 0.00715. The molecule has 0 bridgehead atoms. The van der Waals surface area contributed by atoms with Gasteiger partial charge >= 0.3 is 0 Å². The zero-order chi connectivity index (χ0) is 17.7. The van der Waals surface area contributed by atoms with E-state index in [1.165, 1.54) is 13.2 Å². The van der Waals surface area contributed by atoms with Crippen LogP contribution in [0.15, 0.2) is 23.1 Å². The Bertz CT molecular complexity index is 688. The first-order valence-corrected chi connectivity index (χ1v) is 8.97. The highest BCUT2D eigenvalue weighted by molar-refractivity contribution is 7.89. The van der Waals surface area contributed by atoms with E-state index in [0.29, 0.717) is 13.2 Å². The molecule has 0 amide bonds. The van der Waals surface area contributed by atoms with Crippen molar-refractivity contribution < 1.29 is 22.8 Å². The van der Waals surface area contributed by atoms with E-state index in [9.17, 15) is 18.5 Å². The average molecular weight is 359 g/mol. The van der Waals surface area contributed by atoms with Gasteiger partial charge in [-0.1, -0.05) is 0 Å². The van der Waals surface area contributed by atoms with Crippen molar-refractivity contribution in [2.45, 2.75) is 17.9 Å². The Labute approximate surface area is 140 Å². The molecule has 0 spiro atoms. The summed E-state index contributed by atoms with van der Waals surface area (Å²) in [6, 6.07) is 3.42. The Morgan fingerprint density at radius 2 is 2.08 bits per heavy atom. The van der Waals surface area contributed by atoms with Crippen LogP contribution >= 0.6 is 0 Å². The number of nitro groups is 1. The predicted octanol–water partition coefficient (Wildman–Crippen LogP) is 0.602. The standard InChI is InChI=1S/C14H21N3O6S/c1-11(16-5-7-23-8-6-16)10-15-24(20,21)14-4-3-12(17(18)19)9-13(14)22-2/h3-4,9,11,15H,5-8,10H2,1-2H3. The van der Waals surface area contributed by atoms with E-state index in [1.54, 1.807) is 0 Å². The quantitative estimate of drug-likeness (QED) is 0.560. The van der Waals surface area contributed by atoms with E-state index < -0.39 is 14.9 Å². The fraction of sp³-hybridized carbons (Fsp3) is 0.571. The summed E-state index contributed by atoms with van der Waals surface area (Å²) in [5, 5.41) is 10.8. The van der Waals surface area contributed by atoms with Gasteiger partial charge in [0.15, 0.2) is 0 Å². The normalized spacial score (nSPS) is 17.4. The number of nitrogens with zero attached hydrogens (tertiary/aromatic N) is 2. The van der Waals surface area contributed by atoms with Gasteiger partial charge < -0.3 is 9.47 Å². The van der Waals surface area contributed by atoms with Crippen LogP contribution in [0.3, 0.4) is 0 Å². The maximum atomic E-state index is 12.5. The van der Waals surface area contributed by atoms with Crippen LogP contribution in [-0.2, 0) is 14.8 Å². The highest BCUT2D eigenvalue weighted by Gasteiger charge is 2.24. The third kappa shape index (κ3) is 4.41. The number of methoxy groups -OCH3 is 1. The van der Waals surface area contributed by atoms with Crippen LogP contribution in [0.1, 0.15) is 6.92 Å². The predicted molar refractivity (Wildman–Crippen MR) is 86.7 cm³/mol. The first-order valence-electron chi connectivity index (χ1n) is 7.49. The Balaban J connectivity index is 2.10. The zero-order valence-electron chi connectivity index (χ0n) is 13.6. The lowest BCUT2D eigenvalue weighted by Gasteiger charge is -2.32. The summed E-state index contributed by atoms with van der Waals surface area (Å²) in [5.41, 5.74) is -0.229. The summed E-state index contributed by atoms with van der Waals surface area (Å²) in [5.74, 6) is -0.0595. The van der Waals surface area contributed by atoms with Crippen molar-refractivity contribution in [2.75, 3.05) is 40.0 Å². The highest BCUT2D eigenvalue weighted by Crippen LogP contribution is 2.28. The summed E-state index contributed by atoms with van der Waals surface area (Å²) >= 11 is 0. The van der Waals surface area contributed by atoms with Crippen LogP contribution in [0, 0.1) is 10.1 Å². The number of hydrogen-bond donors (Lipinski definition) is 1. The molecule has 1 atom stereocenters. The van der Waals surface area contributed by atoms with Gasteiger partial charge in [-0.25, -0.2) is 13.1 Å². The summed E-state index contributed by atoms with van der Waals surface area (Å²) in [4.78, 5) is 12.2. The number of nitro benzene ring substituents is 1. The van der Waals surface area contributed by atoms with Crippen molar-refractivity contribution in [3.8, 4) is 5.75 Å². The largest absolute Gasteiger partial charge is 0.495 e. The molecule has 1 unspecified atom stereocenters. The molecule has 1 aliphatic heterocycles. The van der Waals surface area contributed by atoms with Crippen LogP contribution in [0.5, 0.6) is 5.75 Å². The summed E-state index contributed by atoms with van der Waals surface area (Å²) in [6.45, 7) is 4.93.